The molecule has 0 radical (unpaired) electrons. The fraction of sp³-hybridized carbons (Fsp3) is 0.387. The van der Waals surface area contributed by atoms with E-state index < -0.39 is 17.5 Å². The Bertz CT molecular complexity index is 1150. The first-order valence-electron chi connectivity index (χ1n) is 13.1. The fourth-order valence-electron chi connectivity index (χ4n) is 4.20. The van der Waals surface area contributed by atoms with Crippen LogP contribution in [0.5, 0.6) is 0 Å². The molecule has 2 aromatic rings. The van der Waals surface area contributed by atoms with E-state index in [0.717, 1.165) is 49.7 Å². The first kappa shape index (κ1) is 34.8. The van der Waals surface area contributed by atoms with Gasteiger partial charge in [-0.15, -0.1) is 0 Å². The summed E-state index contributed by atoms with van der Waals surface area (Å²) in [6.07, 6.45) is 5.21. The van der Waals surface area contributed by atoms with Gasteiger partial charge in [-0.25, -0.2) is 8.78 Å². The number of fused-ring (bicyclic) bond motifs is 1. The summed E-state index contributed by atoms with van der Waals surface area (Å²) in [5, 5.41) is 1.29. The summed E-state index contributed by atoms with van der Waals surface area (Å²) in [5.41, 5.74) is 4.07. The number of hydrogen-bond acceptors (Lipinski definition) is 2. The minimum atomic E-state index is -1.12. The van der Waals surface area contributed by atoms with Crippen molar-refractivity contribution in [3.8, 4) is 0 Å². The van der Waals surface area contributed by atoms with Crippen molar-refractivity contribution in [3.63, 3.8) is 0 Å². The molecule has 0 aliphatic carbocycles. The van der Waals surface area contributed by atoms with E-state index in [0.29, 0.717) is 22.3 Å². The Morgan fingerprint density at radius 1 is 1.21 bits per heavy atom. The van der Waals surface area contributed by atoms with E-state index in [1.807, 2.05) is 33.8 Å². The highest BCUT2D eigenvalue weighted by Crippen LogP contribution is 2.40. The smallest absolute Gasteiger partial charge is 0.261 e. The number of allylic oxidation sites excluding steroid dienone is 3. The van der Waals surface area contributed by atoms with Crippen molar-refractivity contribution in [2.75, 3.05) is 31.1 Å². The van der Waals surface area contributed by atoms with E-state index in [1.54, 1.807) is 29.8 Å². The zero-order chi connectivity index (χ0) is 29.5. The largest absolute Gasteiger partial charge is 0.307 e. The van der Waals surface area contributed by atoms with E-state index in [-0.39, 0.29) is 11.5 Å². The number of amides is 1. The molecule has 1 heterocycles. The molecule has 1 unspecified atom stereocenters. The van der Waals surface area contributed by atoms with Crippen LogP contribution in [0.2, 0.25) is 5.02 Å². The van der Waals surface area contributed by atoms with Crippen molar-refractivity contribution in [2.45, 2.75) is 53.4 Å². The van der Waals surface area contributed by atoms with Crippen LogP contribution in [0, 0.1) is 11.6 Å². The third-order valence-corrected chi connectivity index (χ3v) is 6.99. The number of carbonyl (C=O) groups is 1. The van der Waals surface area contributed by atoms with Crippen molar-refractivity contribution >= 4 is 46.4 Å². The molecule has 0 fully saturated rings. The van der Waals surface area contributed by atoms with E-state index in [1.165, 1.54) is 17.0 Å². The molecule has 214 valence electrons. The molecule has 0 saturated heterocycles. The van der Waals surface area contributed by atoms with Crippen LogP contribution in [0.15, 0.2) is 71.3 Å². The van der Waals surface area contributed by atoms with Crippen LogP contribution in [0.1, 0.15) is 69.3 Å². The summed E-state index contributed by atoms with van der Waals surface area (Å²) < 4.78 is 28.0. The summed E-state index contributed by atoms with van der Waals surface area (Å²) in [6, 6.07) is 9.02. The lowest BCUT2D eigenvalue weighted by Gasteiger charge is -2.24. The van der Waals surface area contributed by atoms with Gasteiger partial charge in [0.15, 0.2) is 11.6 Å². The van der Waals surface area contributed by atoms with Crippen LogP contribution in [0.3, 0.4) is 0 Å². The molecule has 3 rings (SSSR count). The Hall–Kier alpha value is -2.18. The second-order valence-corrected chi connectivity index (χ2v) is 9.91. The highest BCUT2D eigenvalue weighted by molar-refractivity contribution is 6.31. The van der Waals surface area contributed by atoms with Gasteiger partial charge >= 0.3 is 0 Å². The number of rotatable bonds is 9. The number of halogens is 5. The van der Waals surface area contributed by atoms with Crippen molar-refractivity contribution in [2.24, 2.45) is 0 Å². The number of anilines is 1. The maximum Gasteiger partial charge on any atom is 0.261 e. The average molecular weight is 600 g/mol. The van der Waals surface area contributed by atoms with Crippen LogP contribution >= 0.6 is 34.8 Å². The quantitative estimate of drug-likeness (QED) is 0.268. The molecular formula is C31H39Cl3F2N2O. The SMILES string of the molecule is C=C/C(Cl)=C\C.CC.CCCN(CCC1CN(C(=O)c2cccc(F)c2F)c2ccc(Cl)cc21)C/C(C)=C\Cl. The molecule has 1 amide bonds. The minimum absolute atomic E-state index is 0.0499. The molecule has 2 aromatic carbocycles. The molecule has 0 spiro atoms. The Kier molecular flexibility index (Phi) is 16.3. The highest BCUT2D eigenvalue weighted by Gasteiger charge is 2.34. The second-order valence-electron chi connectivity index (χ2n) is 8.82. The lowest BCUT2D eigenvalue weighted by atomic mass is 9.97. The molecule has 39 heavy (non-hydrogen) atoms. The van der Waals surface area contributed by atoms with Crippen molar-refractivity contribution < 1.29 is 13.6 Å². The van der Waals surface area contributed by atoms with E-state index >= 15 is 0 Å². The number of hydrogen-bond donors (Lipinski definition) is 0. The summed E-state index contributed by atoms with van der Waals surface area (Å²) in [6.45, 7) is 16.4. The second kappa shape index (κ2) is 18.2. The zero-order valence-electron chi connectivity index (χ0n) is 23.4. The van der Waals surface area contributed by atoms with E-state index in [4.69, 9.17) is 34.8 Å². The maximum absolute atomic E-state index is 14.3. The first-order valence-corrected chi connectivity index (χ1v) is 14.3. The first-order chi connectivity index (χ1) is 18.7. The Morgan fingerprint density at radius 3 is 2.46 bits per heavy atom. The van der Waals surface area contributed by atoms with Crippen molar-refractivity contribution in [1.82, 2.24) is 4.90 Å². The molecule has 8 heteroatoms. The Morgan fingerprint density at radius 2 is 1.90 bits per heavy atom. The van der Waals surface area contributed by atoms with Gasteiger partial charge in [-0.05, 0) is 81.2 Å². The van der Waals surface area contributed by atoms with Gasteiger partial charge in [-0.3, -0.25) is 9.69 Å². The van der Waals surface area contributed by atoms with Crippen molar-refractivity contribution in [1.29, 1.82) is 0 Å². The Balaban J connectivity index is 0.000000839. The molecule has 1 aliphatic heterocycles. The van der Waals surface area contributed by atoms with Gasteiger partial charge in [0, 0.05) is 40.3 Å². The van der Waals surface area contributed by atoms with Gasteiger partial charge in [0.2, 0.25) is 0 Å². The van der Waals surface area contributed by atoms with Crippen LogP contribution < -0.4 is 4.90 Å². The summed E-state index contributed by atoms with van der Waals surface area (Å²) in [5.74, 6) is -2.65. The van der Waals surface area contributed by atoms with Crippen LogP contribution in [0.25, 0.3) is 0 Å². The third kappa shape index (κ3) is 10.4. The van der Waals surface area contributed by atoms with Gasteiger partial charge in [0.25, 0.3) is 5.91 Å². The molecule has 1 aliphatic rings. The number of nitrogens with zero attached hydrogens (tertiary/aromatic N) is 2. The number of carbonyl (C=O) groups excluding carboxylic acids is 1. The zero-order valence-corrected chi connectivity index (χ0v) is 25.7. The molecule has 1 atom stereocenters. The van der Waals surface area contributed by atoms with E-state index in [2.05, 4.69) is 18.4 Å². The molecule has 0 N–H and O–H groups in total. The number of benzene rings is 2. The van der Waals surface area contributed by atoms with Crippen LogP contribution in [0.4, 0.5) is 14.5 Å². The Labute approximate surface area is 247 Å². The van der Waals surface area contributed by atoms with Gasteiger partial charge in [-0.1, -0.05) is 80.4 Å². The average Bonchev–Trinajstić information content (AvgIpc) is 3.31. The molecule has 0 saturated carbocycles. The van der Waals surface area contributed by atoms with Gasteiger partial charge in [-0.2, -0.15) is 0 Å². The molecular weight excluding hydrogens is 561 g/mol. The van der Waals surface area contributed by atoms with Gasteiger partial charge in [0.1, 0.15) is 0 Å². The monoisotopic (exact) mass is 598 g/mol. The topological polar surface area (TPSA) is 23.6 Å². The van der Waals surface area contributed by atoms with E-state index in [9.17, 15) is 13.6 Å². The van der Waals surface area contributed by atoms with Crippen LogP contribution in [-0.4, -0.2) is 37.0 Å². The predicted molar refractivity (Wildman–Crippen MR) is 164 cm³/mol. The van der Waals surface area contributed by atoms with Gasteiger partial charge in [0.05, 0.1) is 5.56 Å². The standard InChI is InChI=1S/C24H26Cl2F2N2O.C5H7Cl.C2H6/c1-3-10-29(14-16(2)13-25)11-9-17-15-30(22-8-7-18(26)12-20(17)22)24(31)19-5-4-6-21(27)23(19)28;1-3-5(6)4-2;1-2/h4-8,12-13,17H,3,9-11,14-15H2,1-2H3;3-4H,1H2,2H3;1-2H3/b16-13-;5-4+;. The highest BCUT2D eigenvalue weighted by atomic mass is 35.5. The fourth-order valence-corrected chi connectivity index (χ4v) is 4.45. The minimum Gasteiger partial charge on any atom is -0.307 e. The summed E-state index contributed by atoms with van der Waals surface area (Å²) in [4.78, 5) is 17.0. The molecule has 0 aromatic heterocycles. The van der Waals surface area contributed by atoms with Gasteiger partial charge < -0.3 is 4.90 Å². The summed E-state index contributed by atoms with van der Waals surface area (Å²) >= 11 is 17.5. The predicted octanol–water partition coefficient (Wildman–Crippen LogP) is 9.95. The maximum atomic E-state index is 14.3. The summed E-state index contributed by atoms with van der Waals surface area (Å²) in [7, 11) is 0. The normalized spacial score (nSPS) is 14.7. The molecule has 0 bridgehead atoms. The van der Waals surface area contributed by atoms with Crippen LogP contribution in [-0.2, 0) is 0 Å². The molecule has 3 nitrogen and oxygen atoms in total. The lowest BCUT2D eigenvalue weighted by molar-refractivity contribution is 0.0983. The lowest BCUT2D eigenvalue weighted by Crippen LogP contribution is -2.32. The third-order valence-electron chi connectivity index (χ3n) is 6.01. The van der Waals surface area contributed by atoms with Crippen molar-refractivity contribution in [3.05, 3.63) is 99.1 Å².